The summed E-state index contributed by atoms with van der Waals surface area (Å²) in [4.78, 5) is 12.9. The van der Waals surface area contributed by atoms with Crippen LogP contribution in [0.5, 0.6) is 0 Å². The van der Waals surface area contributed by atoms with Gasteiger partial charge in [0.05, 0.1) is 23.5 Å². The molecule has 4 nitrogen and oxygen atoms in total. The number of rotatable bonds is 3. The van der Waals surface area contributed by atoms with Gasteiger partial charge in [-0.05, 0) is 25.3 Å². The van der Waals surface area contributed by atoms with Crippen LogP contribution in [0.15, 0.2) is 17.5 Å². The van der Waals surface area contributed by atoms with E-state index in [4.69, 9.17) is 0 Å². The van der Waals surface area contributed by atoms with E-state index in [1.807, 2.05) is 38.4 Å². The number of aromatic nitrogens is 2. The fourth-order valence-electron chi connectivity index (χ4n) is 1.71. The molecule has 0 aliphatic rings. The van der Waals surface area contributed by atoms with Gasteiger partial charge in [-0.2, -0.15) is 5.10 Å². The Labute approximate surface area is 104 Å². The molecule has 0 aromatic carbocycles. The van der Waals surface area contributed by atoms with Gasteiger partial charge in [0, 0.05) is 11.9 Å². The predicted molar refractivity (Wildman–Crippen MR) is 69.3 cm³/mol. The molecule has 2 rings (SSSR count). The molecule has 0 aliphatic heterocycles. The van der Waals surface area contributed by atoms with E-state index in [1.165, 1.54) is 0 Å². The lowest BCUT2D eigenvalue weighted by atomic mass is 10.3. The quantitative estimate of drug-likeness (QED) is 0.907. The summed E-state index contributed by atoms with van der Waals surface area (Å²) in [5.41, 5.74) is 2.65. The van der Waals surface area contributed by atoms with Crippen molar-refractivity contribution in [1.29, 1.82) is 0 Å². The third-order valence-electron chi connectivity index (χ3n) is 2.69. The van der Waals surface area contributed by atoms with E-state index in [-0.39, 0.29) is 5.91 Å². The average molecular weight is 249 g/mol. The van der Waals surface area contributed by atoms with Crippen LogP contribution in [0.3, 0.4) is 0 Å². The van der Waals surface area contributed by atoms with Gasteiger partial charge in [-0.1, -0.05) is 6.07 Å². The fourth-order valence-corrected chi connectivity index (χ4v) is 2.41. The molecule has 17 heavy (non-hydrogen) atoms. The minimum absolute atomic E-state index is 0.00616. The molecule has 0 radical (unpaired) electrons. The first kappa shape index (κ1) is 11.9. The van der Waals surface area contributed by atoms with Crippen molar-refractivity contribution in [2.24, 2.45) is 7.05 Å². The van der Waals surface area contributed by atoms with Gasteiger partial charge >= 0.3 is 0 Å². The SMILES string of the molecule is Cc1nn(C)c(C)c1NC(=O)Cc1cccs1. The van der Waals surface area contributed by atoms with Gasteiger partial charge < -0.3 is 5.32 Å². The van der Waals surface area contributed by atoms with Crippen molar-refractivity contribution in [1.82, 2.24) is 9.78 Å². The normalized spacial score (nSPS) is 10.5. The maximum Gasteiger partial charge on any atom is 0.229 e. The van der Waals surface area contributed by atoms with E-state index in [1.54, 1.807) is 16.0 Å². The number of hydrogen-bond donors (Lipinski definition) is 1. The molecule has 5 heteroatoms. The van der Waals surface area contributed by atoms with E-state index in [0.29, 0.717) is 6.42 Å². The number of carbonyl (C=O) groups is 1. The third-order valence-corrected chi connectivity index (χ3v) is 3.56. The van der Waals surface area contributed by atoms with Crippen LogP contribution in [-0.4, -0.2) is 15.7 Å². The van der Waals surface area contributed by atoms with Crippen molar-refractivity contribution < 1.29 is 4.79 Å². The molecular weight excluding hydrogens is 234 g/mol. The first-order valence-electron chi connectivity index (χ1n) is 5.40. The maximum absolute atomic E-state index is 11.9. The van der Waals surface area contributed by atoms with Crippen LogP contribution >= 0.6 is 11.3 Å². The number of amides is 1. The summed E-state index contributed by atoms with van der Waals surface area (Å²) in [6.07, 6.45) is 0.422. The second kappa shape index (κ2) is 4.71. The summed E-state index contributed by atoms with van der Waals surface area (Å²) in [5.74, 6) is 0.00616. The van der Waals surface area contributed by atoms with Gasteiger partial charge in [0.1, 0.15) is 0 Å². The Hall–Kier alpha value is -1.62. The van der Waals surface area contributed by atoms with Crippen molar-refractivity contribution >= 4 is 22.9 Å². The van der Waals surface area contributed by atoms with Gasteiger partial charge in [-0.3, -0.25) is 9.48 Å². The Morgan fingerprint density at radius 1 is 1.53 bits per heavy atom. The Morgan fingerprint density at radius 3 is 2.82 bits per heavy atom. The minimum Gasteiger partial charge on any atom is -0.323 e. The highest BCUT2D eigenvalue weighted by molar-refractivity contribution is 7.10. The monoisotopic (exact) mass is 249 g/mol. The molecule has 0 aliphatic carbocycles. The molecule has 2 aromatic heterocycles. The summed E-state index contributed by atoms with van der Waals surface area (Å²) in [6.45, 7) is 3.84. The lowest BCUT2D eigenvalue weighted by Crippen LogP contribution is -2.14. The van der Waals surface area contributed by atoms with Crippen LogP contribution in [0.1, 0.15) is 16.3 Å². The van der Waals surface area contributed by atoms with Crippen LogP contribution in [0, 0.1) is 13.8 Å². The number of anilines is 1. The van der Waals surface area contributed by atoms with E-state index in [9.17, 15) is 4.79 Å². The zero-order valence-corrected chi connectivity index (χ0v) is 11.0. The summed E-state index contributed by atoms with van der Waals surface area (Å²) in [5, 5.41) is 9.16. The molecule has 0 unspecified atom stereocenters. The number of thiophene rings is 1. The number of nitrogens with one attached hydrogen (secondary N) is 1. The minimum atomic E-state index is 0.00616. The first-order valence-corrected chi connectivity index (χ1v) is 6.28. The van der Waals surface area contributed by atoms with Crippen LogP contribution < -0.4 is 5.32 Å². The summed E-state index contributed by atoms with van der Waals surface area (Å²) in [6, 6.07) is 3.92. The van der Waals surface area contributed by atoms with E-state index in [0.717, 1.165) is 22.0 Å². The molecule has 1 amide bonds. The van der Waals surface area contributed by atoms with Gasteiger partial charge in [-0.15, -0.1) is 11.3 Å². The lowest BCUT2D eigenvalue weighted by Gasteiger charge is -2.04. The Bertz CT molecular complexity index is 528. The number of nitrogens with zero attached hydrogens (tertiary/aromatic N) is 2. The molecule has 2 aromatic rings. The molecule has 2 heterocycles. The van der Waals surface area contributed by atoms with Crippen LogP contribution in [0.25, 0.3) is 0 Å². The standard InChI is InChI=1S/C12H15N3OS/c1-8-12(9(2)15(3)14-8)13-11(16)7-10-5-4-6-17-10/h4-6H,7H2,1-3H3,(H,13,16). The summed E-state index contributed by atoms with van der Waals surface area (Å²) >= 11 is 1.59. The highest BCUT2D eigenvalue weighted by atomic mass is 32.1. The Kier molecular flexibility index (Phi) is 3.28. The molecule has 0 saturated heterocycles. The Morgan fingerprint density at radius 2 is 2.29 bits per heavy atom. The molecular formula is C12H15N3OS. The molecule has 1 N–H and O–H groups in total. The largest absolute Gasteiger partial charge is 0.323 e. The van der Waals surface area contributed by atoms with Crippen molar-refractivity contribution in [3.05, 3.63) is 33.8 Å². The van der Waals surface area contributed by atoms with Crippen molar-refractivity contribution in [3.63, 3.8) is 0 Å². The highest BCUT2D eigenvalue weighted by Crippen LogP contribution is 2.19. The molecule has 0 fully saturated rings. The second-order valence-electron chi connectivity index (χ2n) is 3.97. The smallest absolute Gasteiger partial charge is 0.229 e. The van der Waals surface area contributed by atoms with Crippen LogP contribution in [0.2, 0.25) is 0 Å². The predicted octanol–water partition coefficient (Wildman–Crippen LogP) is 2.28. The van der Waals surface area contributed by atoms with Crippen LogP contribution in [-0.2, 0) is 18.3 Å². The molecule has 0 atom stereocenters. The van der Waals surface area contributed by atoms with E-state index < -0.39 is 0 Å². The summed E-state index contributed by atoms with van der Waals surface area (Å²) < 4.78 is 1.77. The molecule has 0 bridgehead atoms. The van der Waals surface area contributed by atoms with Crippen LogP contribution in [0.4, 0.5) is 5.69 Å². The number of hydrogen-bond acceptors (Lipinski definition) is 3. The van der Waals surface area contributed by atoms with Gasteiger partial charge in [0.15, 0.2) is 0 Å². The zero-order valence-electron chi connectivity index (χ0n) is 10.2. The average Bonchev–Trinajstić information content (AvgIpc) is 2.83. The zero-order chi connectivity index (χ0) is 12.4. The molecule has 0 saturated carbocycles. The van der Waals surface area contributed by atoms with Gasteiger partial charge in [0.25, 0.3) is 0 Å². The third kappa shape index (κ3) is 2.55. The Balaban J connectivity index is 2.08. The van der Waals surface area contributed by atoms with Gasteiger partial charge in [0.2, 0.25) is 5.91 Å². The molecule has 90 valence electrons. The van der Waals surface area contributed by atoms with Crippen molar-refractivity contribution in [2.45, 2.75) is 20.3 Å². The highest BCUT2D eigenvalue weighted by Gasteiger charge is 2.12. The fraction of sp³-hybridized carbons (Fsp3) is 0.333. The van der Waals surface area contributed by atoms with Crippen molar-refractivity contribution in [2.75, 3.05) is 5.32 Å². The lowest BCUT2D eigenvalue weighted by molar-refractivity contribution is -0.115. The maximum atomic E-state index is 11.9. The number of carbonyl (C=O) groups excluding carboxylic acids is 1. The van der Waals surface area contributed by atoms with E-state index in [2.05, 4.69) is 10.4 Å². The number of aryl methyl sites for hydroxylation is 2. The van der Waals surface area contributed by atoms with Gasteiger partial charge in [-0.25, -0.2) is 0 Å². The first-order chi connectivity index (χ1) is 8.08. The topological polar surface area (TPSA) is 46.9 Å². The van der Waals surface area contributed by atoms with E-state index >= 15 is 0 Å². The molecule has 0 spiro atoms. The van der Waals surface area contributed by atoms with Crippen molar-refractivity contribution in [3.8, 4) is 0 Å². The second-order valence-corrected chi connectivity index (χ2v) is 5.01. The summed E-state index contributed by atoms with van der Waals surface area (Å²) in [7, 11) is 1.87.